The smallest absolute Gasteiger partial charge is 0.0811 e. The van der Waals surface area contributed by atoms with E-state index in [2.05, 4.69) is 19.2 Å². The summed E-state index contributed by atoms with van der Waals surface area (Å²) < 4.78 is 5.33. The van der Waals surface area contributed by atoms with E-state index in [1.54, 1.807) is 0 Å². The van der Waals surface area contributed by atoms with Gasteiger partial charge >= 0.3 is 0 Å². The van der Waals surface area contributed by atoms with Gasteiger partial charge in [-0.15, -0.1) is 0 Å². The summed E-state index contributed by atoms with van der Waals surface area (Å²) in [6.45, 7) is 9.00. The molecule has 2 heteroatoms. The normalized spacial score (nSPS) is 23.5. The van der Waals surface area contributed by atoms with E-state index in [-0.39, 0.29) is 0 Å². The summed E-state index contributed by atoms with van der Waals surface area (Å²) in [5, 5.41) is 2.39. The Morgan fingerprint density at radius 3 is 2.55 bits per heavy atom. The van der Waals surface area contributed by atoms with Gasteiger partial charge in [-0.2, -0.15) is 0 Å². The quantitative estimate of drug-likeness (QED) is 0.631. The van der Waals surface area contributed by atoms with Gasteiger partial charge in [-0.3, -0.25) is 0 Å². The first-order chi connectivity index (χ1) is 5.27. The minimum Gasteiger partial charge on any atom is -0.381 e. The molecule has 66 valence electrons. The topological polar surface area (TPSA) is 25.8 Å². The summed E-state index contributed by atoms with van der Waals surface area (Å²) in [6, 6.07) is 0. The van der Waals surface area contributed by atoms with Crippen LogP contribution in [0.2, 0.25) is 0 Å². The van der Waals surface area contributed by atoms with E-state index in [0.717, 1.165) is 13.2 Å². The highest BCUT2D eigenvalue weighted by molar-refractivity contribution is 4.75. The third kappa shape index (κ3) is 2.80. The van der Waals surface area contributed by atoms with Gasteiger partial charge in [-0.1, -0.05) is 6.92 Å². The van der Waals surface area contributed by atoms with Gasteiger partial charge in [0.1, 0.15) is 0 Å². The molecule has 1 aliphatic rings. The molecule has 2 N–H and O–H groups in total. The molecule has 0 saturated carbocycles. The molecule has 0 aromatic carbocycles. The Hall–Kier alpha value is -0.0800. The Bertz CT molecular complexity index is 108. The number of hydrogen-bond donors (Lipinski definition) is 1. The summed E-state index contributed by atoms with van der Waals surface area (Å²) in [5.74, 6) is 0. The van der Waals surface area contributed by atoms with Gasteiger partial charge < -0.3 is 10.1 Å². The summed E-state index contributed by atoms with van der Waals surface area (Å²) in [4.78, 5) is 0. The van der Waals surface area contributed by atoms with E-state index in [0.29, 0.717) is 5.41 Å². The second-order valence-electron chi connectivity index (χ2n) is 3.82. The summed E-state index contributed by atoms with van der Waals surface area (Å²) >= 11 is 0. The van der Waals surface area contributed by atoms with E-state index < -0.39 is 0 Å². The second-order valence-corrected chi connectivity index (χ2v) is 3.82. The van der Waals surface area contributed by atoms with Crippen molar-refractivity contribution in [3.8, 4) is 0 Å². The molecule has 0 unspecified atom stereocenters. The van der Waals surface area contributed by atoms with Gasteiger partial charge in [0.25, 0.3) is 0 Å². The zero-order chi connectivity index (χ0) is 8.16. The number of ether oxygens (including phenoxy) is 1. The maximum absolute atomic E-state index is 5.33. The van der Waals surface area contributed by atoms with Crippen molar-refractivity contribution in [2.24, 2.45) is 5.41 Å². The third-order valence-corrected chi connectivity index (χ3v) is 2.63. The summed E-state index contributed by atoms with van der Waals surface area (Å²) in [5.41, 5.74) is 0.550. The van der Waals surface area contributed by atoms with Gasteiger partial charge in [0.15, 0.2) is 0 Å². The molecular weight excluding hydrogens is 138 g/mol. The number of nitrogens with two attached hydrogens (primary N) is 1. The average Bonchev–Trinajstić information content (AvgIpc) is 2.03. The molecule has 0 radical (unpaired) electrons. The highest BCUT2D eigenvalue weighted by Crippen LogP contribution is 2.27. The first kappa shape index (κ1) is 9.01. The molecule has 0 spiro atoms. The van der Waals surface area contributed by atoms with E-state index in [1.807, 2.05) is 0 Å². The third-order valence-electron chi connectivity index (χ3n) is 2.63. The Morgan fingerprint density at radius 1 is 1.36 bits per heavy atom. The first-order valence-electron chi connectivity index (χ1n) is 4.66. The minimum atomic E-state index is 0.550. The molecule has 1 aliphatic heterocycles. The molecule has 1 fully saturated rings. The fraction of sp³-hybridized carbons (Fsp3) is 1.00. The van der Waals surface area contributed by atoms with Crippen LogP contribution in [-0.4, -0.2) is 26.3 Å². The molecule has 0 amide bonds. The maximum Gasteiger partial charge on any atom is 0.0811 e. The second kappa shape index (κ2) is 4.07. The zero-order valence-corrected chi connectivity index (χ0v) is 7.73. The lowest BCUT2D eigenvalue weighted by Gasteiger charge is -2.31. The van der Waals surface area contributed by atoms with Gasteiger partial charge in [0, 0.05) is 18.6 Å². The zero-order valence-electron chi connectivity index (χ0n) is 7.73. The van der Waals surface area contributed by atoms with Crippen LogP contribution >= 0.6 is 0 Å². The molecule has 1 heterocycles. The van der Waals surface area contributed by atoms with Crippen LogP contribution in [0.3, 0.4) is 0 Å². The number of quaternary nitrogens is 1. The Kier molecular flexibility index (Phi) is 3.34. The molecule has 11 heavy (non-hydrogen) atoms. The van der Waals surface area contributed by atoms with E-state index in [4.69, 9.17) is 4.74 Å². The van der Waals surface area contributed by atoms with E-state index in [9.17, 15) is 0 Å². The van der Waals surface area contributed by atoms with Crippen LogP contribution in [-0.2, 0) is 4.74 Å². The van der Waals surface area contributed by atoms with Crippen LogP contribution in [0.1, 0.15) is 26.7 Å². The maximum atomic E-state index is 5.33. The monoisotopic (exact) mass is 158 g/mol. The molecule has 0 aliphatic carbocycles. The minimum absolute atomic E-state index is 0.550. The fourth-order valence-electron chi connectivity index (χ4n) is 1.56. The lowest BCUT2D eigenvalue weighted by Crippen LogP contribution is -2.86. The Balaban J connectivity index is 2.25. The van der Waals surface area contributed by atoms with Crippen molar-refractivity contribution in [2.75, 3.05) is 26.3 Å². The molecule has 0 atom stereocenters. The first-order valence-corrected chi connectivity index (χ1v) is 4.66. The molecule has 1 saturated heterocycles. The van der Waals surface area contributed by atoms with Crippen molar-refractivity contribution in [3.05, 3.63) is 0 Å². The highest BCUT2D eigenvalue weighted by atomic mass is 16.5. The molecule has 0 bridgehead atoms. The van der Waals surface area contributed by atoms with Crippen LogP contribution < -0.4 is 5.32 Å². The highest BCUT2D eigenvalue weighted by Gasteiger charge is 2.28. The molecule has 0 aromatic rings. The van der Waals surface area contributed by atoms with Crippen LogP contribution in [0.25, 0.3) is 0 Å². The largest absolute Gasteiger partial charge is 0.381 e. The molecule has 1 rings (SSSR count). The summed E-state index contributed by atoms with van der Waals surface area (Å²) in [7, 11) is 0. The molecular formula is C9H20NO+. The van der Waals surface area contributed by atoms with Crippen LogP contribution in [0.15, 0.2) is 0 Å². The van der Waals surface area contributed by atoms with E-state index >= 15 is 0 Å². The Morgan fingerprint density at radius 2 is 2.00 bits per heavy atom. The van der Waals surface area contributed by atoms with Gasteiger partial charge in [-0.25, -0.2) is 0 Å². The predicted molar refractivity (Wildman–Crippen MR) is 45.5 cm³/mol. The lowest BCUT2D eigenvalue weighted by atomic mass is 9.82. The number of hydrogen-bond acceptors (Lipinski definition) is 1. The molecule has 2 nitrogen and oxygen atoms in total. The fourth-order valence-corrected chi connectivity index (χ4v) is 1.56. The van der Waals surface area contributed by atoms with Crippen LogP contribution in [0.5, 0.6) is 0 Å². The van der Waals surface area contributed by atoms with Gasteiger partial charge in [0.2, 0.25) is 0 Å². The van der Waals surface area contributed by atoms with Gasteiger partial charge in [0.05, 0.1) is 13.1 Å². The van der Waals surface area contributed by atoms with Crippen LogP contribution in [0.4, 0.5) is 0 Å². The number of rotatable bonds is 3. The van der Waals surface area contributed by atoms with E-state index in [1.165, 1.54) is 25.9 Å². The SMILES string of the molecule is CC[NH2+]CC1(C)CCOCC1. The lowest BCUT2D eigenvalue weighted by molar-refractivity contribution is -0.664. The van der Waals surface area contributed by atoms with Crippen molar-refractivity contribution in [2.45, 2.75) is 26.7 Å². The standard InChI is InChI=1S/C9H19NO/c1-3-10-8-9(2)4-6-11-7-5-9/h10H,3-8H2,1-2H3/p+1. The van der Waals surface area contributed by atoms with Crippen LogP contribution in [0, 0.1) is 5.41 Å². The van der Waals surface area contributed by atoms with Crippen molar-refractivity contribution in [3.63, 3.8) is 0 Å². The van der Waals surface area contributed by atoms with Crippen molar-refractivity contribution >= 4 is 0 Å². The van der Waals surface area contributed by atoms with Crippen molar-refractivity contribution < 1.29 is 10.1 Å². The summed E-state index contributed by atoms with van der Waals surface area (Å²) in [6.07, 6.45) is 2.48. The Labute approximate surface area is 69.3 Å². The average molecular weight is 158 g/mol. The van der Waals surface area contributed by atoms with Crippen molar-refractivity contribution in [1.29, 1.82) is 0 Å². The molecule has 0 aromatic heterocycles. The van der Waals surface area contributed by atoms with Crippen molar-refractivity contribution in [1.82, 2.24) is 0 Å². The predicted octanol–water partition coefficient (Wildman–Crippen LogP) is 0.386. The van der Waals surface area contributed by atoms with Gasteiger partial charge in [-0.05, 0) is 19.8 Å².